The van der Waals surface area contributed by atoms with Gasteiger partial charge in [0.1, 0.15) is 11.4 Å². The number of rotatable bonds is 2. The first-order valence-corrected chi connectivity index (χ1v) is 8.37. The summed E-state index contributed by atoms with van der Waals surface area (Å²) in [4.78, 5) is 39.6. The quantitative estimate of drug-likeness (QED) is 0.777. The van der Waals surface area contributed by atoms with Gasteiger partial charge in [-0.2, -0.15) is 0 Å². The number of nitrogens with one attached hydrogen (secondary N) is 1. The van der Waals surface area contributed by atoms with E-state index >= 15 is 0 Å². The number of aryl methyl sites for hydroxylation is 1. The lowest BCUT2D eigenvalue weighted by molar-refractivity contribution is -0.138. The molecule has 0 aliphatic carbocycles. The SMILES string of the molecule is COC(=O)C1=C(O)C(=O)N(c2ccc(C)cc2)C12C(=O)Nc1ccc(F)cc12. The average Bonchev–Trinajstić information content (AvgIpc) is 3.08. The number of esters is 1. The second-order valence-corrected chi connectivity index (χ2v) is 6.55. The molecule has 28 heavy (non-hydrogen) atoms. The smallest absolute Gasteiger partial charge is 0.341 e. The molecule has 0 bridgehead atoms. The number of carbonyl (C=O) groups is 3. The van der Waals surface area contributed by atoms with Crippen LogP contribution in [-0.2, 0) is 24.7 Å². The average molecular weight is 382 g/mol. The molecule has 142 valence electrons. The topological polar surface area (TPSA) is 95.9 Å². The molecule has 2 N–H and O–H groups in total. The number of benzene rings is 2. The van der Waals surface area contributed by atoms with E-state index < -0.39 is 40.5 Å². The number of halogens is 1. The van der Waals surface area contributed by atoms with Crippen molar-refractivity contribution in [1.82, 2.24) is 0 Å². The number of ether oxygens (including phenoxy) is 1. The maximum absolute atomic E-state index is 14.1. The molecule has 2 heterocycles. The number of fused-ring (bicyclic) bond motifs is 2. The molecule has 2 amide bonds. The lowest BCUT2D eigenvalue weighted by atomic mass is 9.83. The van der Waals surface area contributed by atoms with E-state index in [-0.39, 0.29) is 16.9 Å². The zero-order valence-corrected chi connectivity index (χ0v) is 14.9. The van der Waals surface area contributed by atoms with Crippen LogP contribution >= 0.6 is 0 Å². The molecule has 2 aromatic rings. The van der Waals surface area contributed by atoms with Gasteiger partial charge in [-0.25, -0.2) is 9.18 Å². The van der Waals surface area contributed by atoms with E-state index in [9.17, 15) is 23.9 Å². The summed E-state index contributed by atoms with van der Waals surface area (Å²) < 4.78 is 18.8. The summed E-state index contributed by atoms with van der Waals surface area (Å²) in [5.41, 5.74) is -1.21. The zero-order chi connectivity index (χ0) is 20.2. The van der Waals surface area contributed by atoms with Crippen molar-refractivity contribution in [2.75, 3.05) is 17.3 Å². The minimum atomic E-state index is -2.08. The van der Waals surface area contributed by atoms with Crippen molar-refractivity contribution in [2.24, 2.45) is 0 Å². The van der Waals surface area contributed by atoms with E-state index in [4.69, 9.17) is 4.74 Å². The van der Waals surface area contributed by atoms with Gasteiger partial charge < -0.3 is 15.2 Å². The molecule has 2 aliphatic heterocycles. The lowest BCUT2D eigenvalue weighted by Crippen LogP contribution is -2.52. The molecule has 0 fully saturated rings. The van der Waals surface area contributed by atoms with Crippen molar-refractivity contribution in [2.45, 2.75) is 12.5 Å². The summed E-state index contributed by atoms with van der Waals surface area (Å²) >= 11 is 0. The van der Waals surface area contributed by atoms with Gasteiger partial charge in [0, 0.05) is 16.9 Å². The first kappa shape index (κ1) is 17.7. The summed E-state index contributed by atoms with van der Waals surface area (Å²) in [5.74, 6) is -4.38. The van der Waals surface area contributed by atoms with Crippen LogP contribution in [0.3, 0.4) is 0 Å². The zero-order valence-electron chi connectivity index (χ0n) is 14.9. The fourth-order valence-corrected chi connectivity index (χ4v) is 3.73. The molecule has 0 radical (unpaired) electrons. The van der Waals surface area contributed by atoms with Crippen molar-refractivity contribution in [3.8, 4) is 0 Å². The van der Waals surface area contributed by atoms with E-state index in [0.717, 1.165) is 29.7 Å². The van der Waals surface area contributed by atoms with Gasteiger partial charge in [0.15, 0.2) is 11.3 Å². The summed E-state index contributed by atoms with van der Waals surface area (Å²) in [6, 6.07) is 10.1. The molecule has 4 rings (SSSR count). The van der Waals surface area contributed by atoms with Gasteiger partial charge in [-0.3, -0.25) is 14.5 Å². The normalized spacial score (nSPS) is 20.6. The molecule has 7 nitrogen and oxygen atoms in total. The van der Waals surface area contributed by atoms with Crippen molar-refractivity contribution in [3.63, 3.8) is 0 Å². The Kier molecular flexibility index (Phi) is 3.74. The molecule has 1 atom stereocenters. The summed E-state index contributed by atoms with van der Waals surface area (Å²) in [7, 11) is 1.06. The van der Waals surface area contributed by atoms with E-state index in [0.29, 0.717) is 0 Å². The van der Waals surface area contributed by atoms with Crippen LogP contribution in [0.4, 0.5) is 15.8 Å². The summed E-state index contributed by atoms with van der Waals surface area (Å²) in [5, 5.41) is 13.1. The van der Waals surface area contributed by atoms with Crippen LogP contribution in [0.15, 0.2) is 53.8 Å². The van der Waals surface area contributed by atoms with Gasteiger partial charge in [-0.05, 0) is 37.3 Å². The van der Waals surface area contributed by atoms with Crippen LogP contribution in [0.2, 0.25) is 0 Å². The minimum absolute atomic E-state index is 0.0378. The van der Waals surface area contributed by atoms with Gasteiger partial charge in [-0.15, -0.1) is 0 Å². The Morgan fingerprint density at radius 3 is 2.50 bits per heavy atom. The third kappa shape index (κ3) is 2.11. The molecule has 0 saturated heterocycles. The maximum Gasteiger partial charge on any atom is 0.341 e. The Balaban J connectivity index is 2.08. The van der Waals surface area contributed by atoms with Crippen molar-refractivity contribution < 1.29 is 28.6 Å². The second-order valence-electron chi connectivity index (χ2n) is 6.55. The van der Waals surface area contributed by atoms with Crippen LogP contribution in [-0.4, -0.2) is 30.0 Å². The third-order valence-corrected chi connectivity index (χ3v) is 4.97. The van der Waals surface area contributed by atoms with Crippen LogP contribution in [0.25, 0.3) is 0 Å². The number of hydrogen-bond acceptors (Lipinski definition) is 5. The molecule has 1 spiro atoms. The molecule has 2 aromatic carbocycles. The summed E-state index contributed by atoms with van der Waals surface area (Å²) in [6.45, 7) is 1.84. The number of amides is 2. The van der Waals surface area contributed by atoms with Gasteiger partial charge in [0.25, 0.3) is 11.8 Å². The van der Waals surface area contributed by atoms with Crippen LogP contribution in [0.5, 0.6) is 0 Å². The fraction of sp³-hybridized carbons (Fsp3) is 0.150. The lowest BCUT2D eigenvalue weighted by Gasteiger charge is -2.34. The monoisotopic (exact) mass is 382 g/mol. The highest BCUT2D eigenvalue weighted by Crippen LogP contribution is 2.52. The van der Waals surface area contributed by atoms with Crippen LogP contribution in [0.1, 0.15) is 11.1 Å². The number of aliphatic hydroxyl groups excluding tert-OH is 1. The van der Waals surface area contributed by atoms with E-state index in [1.807, 2.05) is 6.92 Å². The van der Waals surface area contributed by atoms with Crippen molar-refractivity contribution >= 4 is 29.2 Å². The molecule has 2 aliphatic rings. The number of anilines is 2. The predicted molar refractivity (Wildman–Crippen MR) is 97.0 cm³/mol. The molecule has 0 saturated carbocycles. The van der Waals surface area contributed by atoms with Crippen LogP contribution in [0, 0.1) is 12.7 Å². The van der Waals surface area contributed by atoms with Gasteiger partial charge in [0.05, 0.1) is 7.11 Å². The van der Waals surface area contributed by atoms with Crippen LogP contribution < -0.4 is 10.2 Å². The molecular weight excluding hydrogens is 367 g/mol. The number of hydrogen-bond donors (Lipinski definition) is 2. The highest BCUT2D eigenvalue weighted by molar-refractivity contribution is 6.27. The molecule has 8 heteroatoms. The molecule has 0 aromatic heterocycles. The van der Waals surface area contributed by atoms with E-state index in [1.165, 1.54) is 6.07 Å². The Morgan fingerprint density at radius 1 is 1.18 bits per heavy atom. The van der Waals surface area contributed by atoms with Crippen molar-refractivity contribution in [1.29, 1.82) is 0 Å². The van der Waals surface area contributed by atoms with Gasteiger partial charge >= 0.3 is 5.97 Å². The Morgan fingerprint density at radius 2 is 1.86 bits per heavy atom. The Bertz CT molecular complexity index is 1080. The first-order valence-electron chi connectivity index (χ1n) is 8.37. The minimum Gasteiger partial charge on any atom is -0.503 e. The van der Waals surface area contributed by atoms with Gasteiger partial charge in [-0.1, -0.05) is 17.7 Å². The van der Waals surface area contributed by atoms with Crippen molar-refractivity contribution in [3.05, 3.63) is 70.7 Å². The standard InChI is InChI=1S/C20H15FN2O5/c1-10-3-6-12(7-4-10)23-17(25)16(24)15(18(26)28-2)20(23)13-9-11(21)5-8-14(13)22-19(20)27/h3-9,24H,1-2H3,(H,22,27). The van der Waals surface area contributed by atoms with E-state index in [1.54, 1.807) is 24.3 Å². The highest BCUT2D eigenvalue weighted by atomic mass is 19.1. The Labute approximate surface area is 159 Å². The Hall–Kier alpha value is -3.68. The number of carbonyl (C=O) groups excluding carboxylic acids is 3. The molecular formula is C20H15FN2O5. The van der Waals surface area contributed by atoms with Gasteiger partial charge in [0.2, 0.25) is 0 Å². The predicted octanol–water partition coefficient (Wildman–Crippen LogP) is 2.31. The fourth-order valence-electron chi connectivity index (χ4n) is 3.73. The van der Waals surface area contributed by atoms with E-state index in [2.05, 4.69) is 5.32 Å². The number of aliphatic hydroxyl groups is 1. The first-order chi connectivity index (χ1) is 13.3. The highest BCUT2D eigenvalue weighted by Gasteiger charge is 2.65. The maximum atomic E-state index is 14.1. The largest absolute Gasteiger partial charge is 0.503 e. The second kappa shape index (κ2) is 5.91. The number of methoxy groups -OCH3 is 1. The summed E-state index contributed by atoms with van der Waals surface area (Å²) in [6.07, 6.45) is 0. The molecule has 1 unspecified atom stereocenters. The third-order valence-electron chi connectivity index (χ3n) is 4.97. The number of nitrogens with zero attached hydrogens (tertiary/aromatic N) is 1.